The highest BCUT2D eigenvalue weighted by Gasteiger charge is 2.19. The van der Waals surface area contributed by atoms with E-state index in [2.05, 4.69) is 64.2 Å². The van der Waals surface area contributed by atoms with Gasteiger partial charge in [0.1, 0.15) is 0 Å². The predicted octanol–water partition coefficient (Wildman–Crippen LogP) is 2.79. The molecule has 0 saturated carbocycles. The summed E-state index contributed by atoms with van der Waals surface area (Å²) in [5, 5.41) is 10.8. The number of H-pyrrole nitrogens is 1. The van der Waals surface area contributed by atoms with Crippen LogP contribution < -0.4 is 10.2 Å². The third-order valence-electron chi connectivity index (χ3n) is 3.26. The molecule has 2 heterocycles. The van der Waals surface area contributed by atoms with Gasteiger partial charge >= 0.3 is 0 Å². The van der Waals surface area contributed by atoms with Gasteiger partial charge in [0.25, 0.3) is 0 Å². The average molecular weight is 401 g/mol. The van der Waals surface area contributed by atoms with Crippen molar-refractivity contribution in [1.29, 1.82) is 0 Å². The van der Waals surface area contributed by atoms with Crippen molar-refractivity contribution in [3.63, 3.8) is 0 Å². The molecule has 7 heteroatoms. The number of benzene rings is 1. The molecule has 20 heavy (non-hydrogen) atoms. The number of halogens is 2. The Bertz CT molecular complexity index is 592. The minimum atomic E-state index is 0.464. The highest BCUT2D eigenvalue weighted by molar-refractivity contribution is 9.11. The van der Waals surface area contributed by atoms with Crippen molar-refractivity contribution in [3.8, 4) is 11.4 Å². The molecule has 0 radical (unpaired) electrons. The molecule has 0 amide bonds. The van der Waals surface area contributed by atoms with Crippen molar-refractivity contribution in [1.82, 2.24) is 20.5 Å². The zero-order chi connectivity index (χ0) is 14.1. The number of hydrogen-bond acceptors (Lipinski definition) is 4. The van der Waals surface area contributed by atoms with E-state index in [4.69, 9.17) is 0 Å². The van der Waals surface area contributed by atoms with Crippen LogP contribution in [0.5, 0.6) is 0 Å². The van der Waals surface area contributed by atoms with E-state index >= 15 is 0 Å². The number of hydrogen-bond donors (Lipinski definition) is 2. The summed E-state index contributed by atoms with van der Waals surface area (Å²) in [6, 6.07) is 6.51. The van der Waals surface area contributed by atoms with Crippen LogP contribution in [0.25, 0.3) is 11.4 Å². The molecule has 1 fully saturated rings. The summed E-state index contributed by atoms with van der Waals surface area (Å²) in [4.78, 5) is 6.81. The number of anilines is 1. The van der Waals surface area contributed by atoms with Crippen LogP contribution in [0.15, 0.2) is 27.1 Å². The largest absolute Gasteiger partial charge is 0.337 e. The van der Waals surface area contributed by atoms with Gasteiger partial charge in [-0.1, -0.05) is 31.9 Å². The summed E-state index contributed by atoms with van der Waals surface area (Å²) < 4.78 is 2.02. The number of aromatic amines is 1. The molecular weight excluding hydrogens is 386 g/mol. The molecule has 2 aromatic rings. The van der Waals surface area contributed by atoms with Gasteiger partial charge in [-0.3, -0.25) is 5.10 Å². The first kappa shape index (κ1) is 14.0. The third-order valence-corrected chi connectivity index (χ3v) is 4.18. The van der Waals surface area contributed by atoms with Crippen LogP contribution in [0.2, 0.25) is 0 Å². The number of nitrogens with zero attached hydrogens (tertiary/aromatic N) is 3. The molecule has 0 bridgehead atoms. The van der Waals surface area contributed by atoms with Crippen molar-refractivity contribution in [3.05, 3.63) is 27.1 Å². The molecule has 3 rings (SSSR count). The molecule has 1 atom stereocenters. The van der Waals surface area contributed by atoms with Gasteiger partial charge in [-0.05, 0) is 25.1 Å². The Labute approximate surface area is 134 Å². The van der Waals surface area contributed by atoms with E-state index in [1.54, 1.807) is 0 Å². The maximum absolute atomic E-state index is 4.61. The Balaban J connectivity index is 1.86. The Hall–Kier alpha value is -0.920. The highest BCUT2D eigenvalue weighted by atomic mass is 79.9. The lowest BCUT2D eigenvalue weighted by Gasteiger charge is -2.30. The lowest BCUT2D eigenvalue weighted by atomic mass is 10.2. The zero-order valence-electron chi connectivity index (χ0n) is 11.0. The maximum Gasteiger partial charge on any atom is 0.245 e. The smallest absolute Gasteiger partial charge is 0.245 e. The zero-order valence-corrected chi connectivity index (χ0v) is 14.2. The fourth-order valence-corrected chi connectivity index (χ4v) is 3.62. The first-order valence-electron chi connectivity index (χ1n) is 6.49. The van der Waals surface area contributed by atoms with Crippen molar-refractivity contribution in [2.45, 2.75) is 13.0 Å². The molecule has 0 aliphatic carbocycles. The summed E-state index contributed by atoms with van der Waals surface area (Å²) >= 11 is 6.98. The molecule has 1 aromatic heterocycles. The van der Waals surface area contributed by atoms with Crippen LogP contribution >= 0.6 is 31.9 Å². The summed E-state index contributed by atoms with van der Waals surface area (Å²) in [6.45, 7) is 5.00. The minimum Gasteiger partial charge on any atom is -0.337 e. The average Bonchev–Trinajstić information content (AvgIpc) is 2.87. The molecule has 1 aliphatic heterocycles. The first-order valence-corrected chi connectivity index (χ1v) is 8.07. The van der Waals surface area contributed by atoms with E-state index in [1.165, 1.54) is 0 Å². The molecule has 2 N–H and O–H groups in total. The standard InChI is InChI=1S/C13H15Br2N5/c1-8-7-20(3-2-16-8)13-17-12(18-19-13)9-4-10(14)6-11(15)5-9/h4-6,8,16H,2-3,7H2,1H3,(H,17,18,19). The van der Waals surface area contributed by atoms with E-state index in [9.17, 15) is 0 Å². The minimum absolute atomic E-state index is 0.464. The van der Waals surface area contributed by atoms with E-state index < -0.39 is 0 Å². The lowest BCUT2D eigenvalue weighted by molar-refractivity contribution is 0.480. The maximum atomic E-state index is 4.61. The Kier molecular flexibility index (Phi) is 4.09. The number of piperazine rings is 1. The quantitative estimate of drug-likeness (QED) is 0.813. The molecule has 5 nitrogen and oxygen atoms in total. The van der Waals surface area contributed by atoms with Gasteiger partial charge in [0, 0.05) is 40.2 Å². The van der Waals surface area contributed by atoms with Crippen LogP contribution in [0, 0.1) is 0 Å². The Morgan fingerprint density at radius 3 is 2.70 bits per heavy atom. The van der Waals surface area contributed by atoms with E-state index in [0.717, 1.165) is 45.9 Å². The third kappa shape index (κ3) is 3.05. The lowest BCUT2D eigenvalue weighted by Crippen LogP contribution is -2.49. The van der Waals surface area contributed by atoms with E-state index in [-0.39, 0.29) is 0 Å². The van der Waals surface area contributed by atoms with Crippen LogP contribution in [0.4, 0.5) is 5.95 Å². The number of nitrogens with one attached hydrogen (secondary N) is 2. The van der Waals surface area contributed by atoms with Crippen molar-refractivity contribution in [2.24, 2.45) is 0 Å². The monoisotopic (exact) mass is 399 g/mol. The SMILES string of the molecule is CC1CN(c2n[nH]c(-c3cc(Br)cc(Br)c3)n2)CCN1. The van der Waals surface area contributed by atoms with Gasteiger partial charge in [-0.15, -0.1) is 5.10 Å². The summed E-state index contributed by atoms with van der Waals surface area (Å²) in [5.74, 6) is 1.55. The molecule has 1 unspecified atom stereocenters. The van der Waals surface area contributed by atoms with Gasteiger partial charge in [0.2, 0.25) is 5.95 Å². The van der Waals surface area contributed by atoms with Gasteiger partial charge < -0.3 is 10.2 Å². The van der Waals surface area contributed by atoms with Crippen LogP contribution in [0.1, 0.15) is 6.92 Å². The first-order chi connectivity index (χ1) is 9.61. The second kappa shape index (κ2) is 5.83. The Morgan fingerprint density at radius 2 is 2.00 bits per heavy atom. The summed E-state index contributed by atoms with van der Waals surface area (Å²) in [6.07, 6.45) is 0. The second-order valence-electron chi connectivity index (χ2n) is 4.94. The van der Waals surface area contributed by atoms with Crippen LogP contribution in [0.3, 0.4) is 0 Å². The van der Waals surface area contributed by atoms with E-state index in [1.807, 2.05) is 18.2 Å². The van der Waals surface area contributed by atoms with Crippen LogP contribution in [-0.2, 0) is 0 Å². The Morgan fingerprint density at radius 1 is 1.25 bits per heavy atom. The molecule has 1 saturated heterocycles. The summed E-state index contributed by atoms with van der Waals surface area (Å²) in [7, 11) is 0. The van der Waals surface area contributed by atoms with Crippen molar-refractivity contribution < 1.29 is 0 Å². The molecule has 0 spiro atoms. The van der Waals surface area contributed by atoms with Gasteiger partial charge in [0.15, 0.2) is 5.82 Å². The fraction of sp³-hybridized carbons (Fsp3) is 0.385. The predicted molar refractivity (Wildman–Crippen MR) is 86.9 cm³/mol. The van der Waals surface area contributed by atoms with E-state index in [0.29, 0.717) is 6.04 Å². The number of aromatic nitrogens is 3. The van der Waals surface area contributed by atoms with Gasteiger partial charge in [-0.25, -0.2) is 0 Å². The van der Waals surface area contributed by atoms with Gasteiger partial charge in [0.05, 0.1) is 0 Å². The molecule has 1 aliphatic rings. The molecular formula is C13H15Br2N5. The topological polar surface area (TPSA) is 56.8 Å². The van der Waals surface area contributed by atoms with Crippen molar-refractivity contribution >= 4 is 37.8 Å². The second-order valence-corrected chi connectivity index (χ2v) is 6.77. The fourth-order valence-electron chi connectivity index (χ4n) is 2.33. The van der Waals surface area contributed by atoms with Crippen molar-refractivity contribution in [2.75, 3.05) is 24.5 Å². The molecule has 1 aromatic carbocycles. The van der Waals surface area contributed by atoms with Gasteiger partial charge in [-0.2, -0.15) is 4.98 Å². The highest BCUT2D eigenvalue weighted by Crippen LogP contribution is 2.26. The summed E-state index contributed by atoms with van der Waals surface area (Å²) in [5.41, 5.74) is 1.01. The van der Waals surface area contributed by atoms with Crippen LogP contribution in [-0.4, -0.2) is 40.9 Å². The normalized spacial score (nSPS) is 19.4. The number of rotatable bonds is 2. The molecule has 106 valence electrons.